The van der Waals surface area contributed by atoms with Crippen molar-refractivity contribution in [1.82, 2.24) is 0 Å². The van der Waals surface area contributed by atoms with Gasteiger partial charge in [0.15, 0.2) is 24.8 Å². The molecule has 4 aliphatic rings. The van der Waals surface area contributed by atoms with E-state index in [-0.39, 0.29) is 41.9 Å². The molecule has 3 atom stereocenters. The van der Waals surface area contributed by atoms with Gasteiger partial charge in [-0.2, -0.15) is 22.0 Å². The normalized spacial score (nSPS) is 25.0. The Bertz CT molecular complexity index is 1510. The van der Waals surface area contributed by atoms with Gasteiger partial charge in [0.1, 0.15) is 5.78 Å². The Morgan fingerprint density at radius 2 is 1.18 bits per heavy atom. The van der Waals surface area contributed by atoms with Crippen LogP contribution in [0.5, 0.6) is 0 Å². The largest absolute Gasteiger partial charge is 0.743 e. The topological polar surface area (TPSA) is 101 Å². The van der Waals surface area contributed by atoms with Gasteiger partial charge in [-0.25, -0.2) is 8.42 Å². The molecule has 7 rings (SSSR count). The summed E-state index contributed by atoms with van der Waals surface area (Å²) in [5, 5.41) is -5.86. The number of carbonyl (C=O) groups excluding carboxylic acids is 2. The van der Waals surface area contributed by atoms with E-state index in [4.69, 9.17) is 0 Å². The molecule has 0 aliphatic heterocycles. The molecule has 0 radical (unpaired) electrons. The number of hydrogen-bond donors (Lipinski definition) is 0. The molecule has 0 N–H and O–H groups in total. The van der Waals surface area contributed by atoms with Crippen LogP contribution in [0, 0.1) is 23.2 Å². The predicted octanol–water partition coefficient (Wildman–Crippen LogP) is 6.78. The highest BCUT2D eigenvalue weighted by Gasteiger charge is 2.65. The van der Waals surface area contributed by atoms with Crippen molar-refractivity contribution in [3.05, 3.63) is 91.0 Å². The molecule has 0 saturated heterocycles. The smallest absolute Gasteiger partial charge is 0.432 e. The maximum Gasteiger partial charge on any atom is 0.432 e. The van der Waals surface area contributed by atoms with Crippen molar-refractivity contribution in [1.29, 1.82) is 0 Å². The number of benzene rings is 3. The van der Waals surface area contributed by atoms with Crippen molar-refractivity contribution < 1.29 is 49.2 Å². The van der Waals surface area contributed by atoms with Gasteiger partial charge in [-0.15, -0.1) is 0 Å². The summed E-state index contributed by atoms with van der Waals surface area (Å²) in [6.07, 6.45) is -9.53. The van der Waals surface area contributed by atoms with Gasteiger partial charge in [0.2, 0.25) is 0 Å². The number of ether oxygens (including phenoxy) is 1. The average molecular weight is 669 g/mol. The first-order valence-corrected chi connectivity index (χ1v) is 16.8. The Morgan fingerprint density at radius 3 is 1.53 bits per heavy atom. The summed E-state index contributed by atoms with van der Waals surface area (Å²) in [5.74, 6) is -2.91. The van der Waals surface area contributed by atoms with Crippen LogP contribution in [0.25, 0.3) is 0 Å². The molecule has 3 aromatic rings. The lowest BCUT2D eigenvalue weighted by atomic mass is 9.49. The molecular formula is C32H29F5O6S2. The predicted molar refractivity (Wildman–Crippen MR) is 153 cm³/mol. The van der Waals surface area contributed by atoms with Crippen LogP contribution in [0.15, 0.2) is 106 Å². The molecule has 0 spiro atoms. The number of hydrogen-bond acceptors (Lipinski definition) is 6. The molecule has 0 amide bonds. The van der Waals surface area contributed by atoms with Crippen molar-refractivity contribution in [2.45, 2.75) is 64.3 Å². The molecule has 240 valence electrons. The molecule has 4 saturated carbocycles. The fraction of sp³-hybridized carbons (Fsp3) is 0.375. The Hall–Kier alpha value is -3.29. The van der Waals surface area contributed by atoms with E-state index in [0.29, 0.717) is 12.8 Å². The van der Waals surface area contributed by atoms with Crippen molar-refractivity contribution in [2.75, 3.05) is 0 Å². The summed E-state index contributed by atoms with van der Waals surface area (Å²) in [5.41, 5.74) is -1.53. The molecular weight excluding hydrogens is 639 g/mol. The Balaban J connectivity index is 0.000000186. The molecule has 3 aromatic carbocycles. The minimum absolute atomic E-state index is 0.0146. The zero-order valence-electron chi connectivity index (χ0n) is 23.7. The van der Waals surface area contributed by atoms with Gasteiger partial charge >= 0.3 is 17.4 Å². The lowest BCUT2D eigenvalue weighted by Gasteiger charge is -2.54. The van der Waals surface area contributed by atoms with Crippen LogP contribution in [0.2, 0.25) is 0 Å². The summed E-state index contributed by atoms with van der Waals surface area (Å²) in [6.45, 7) is 0. The number of Topliss-reactive ketones (excluding diaryl/α,β-unsaturated/α-hetero) is 1. The highest BCUT2D eigenvalue weighted by Crippen LogP contribution is 2.59. The van der Waals surface area contributed by atoms with Gasteiger partial charge in [-0.3, -0.25) is 9.59 Å². The summed E-state index contributed by atoms with van der Waals surface area (Å²) < 4.78 is 101. The van der Waals surface area contributed by atoms with Crippen LogP contribution in [-0.4, -0.2) is 42.3 Å². The fourth-order valence-electron chi connectivity index (χ4n) is 6.76. The van der Waals surface area contributed by atoms with E-state index in [1.165, 1.54) is 14.7 Å². The highest BCUT2D eigenvalue weighted by molar-refractivity contribution is 7.97. The standard InChI is InChI=1S/C18H15S.C14H15F5O6S/c1-4-10-16(11-5-1)19(17-12-6-2-7-13-17)18-14-8-3-9-15-18;15-13(16,17)10(14(18,19)26(22,23)24)25-11(21)12-3-6-1-7(4-12)9(20)8(2-6)5-12/h1-15H;6-8,10H,1-5H2,(H,22,23,24)/q+1;/p-1. The second-order valence-corrected chi connectivity index (χ2v) is 15.1. The Kier molecular flexibility index (Phi) is 9.18. The summed E-state index contributed by atoms with van der Waals surface area (Å²) in [7, 11) is -6.74. The van der Waals surface area contributed by atoms with Crippen molar-refractivity contribution in [3.8, 4) is 0 Å². The van der Waals surface area contributed by atoms with E-state index in [2.05, 4.69) is 95.7 Å². The lowest BCUT2D eigenvalue weighted by molar-refractivity contribution is -0.265. The van der Waals surface area contributed by atoms with Gasteiger partial charge in [-0.05, 0) is 74.4 Å². The third-order valence-corrected chi connectivity index (χ3v) is 11.6. The zero-order valence-corrected chi connectivity index (χ0v) is 25.3. The van der Waals surface area contributed by atoms with Crippen LogP contribution >= 0.6 is 0 Å². The second-order valence-electron chi connectivity index (χ2n) is 11.6. The van der Waals surface area contributed by atoms with Gasteiger partial charge < -0.3 is 9.29 Å². The van der Waals surface area contributed by atoms with Gasteiger partial charge in [0.25, 0.3) is 6.10 Å². The number of esters is 1. The van der Waals surface area contributed by atoms with Gasteiger partial charge in [0, 0.05) is 11.8 Å². The summed E-state index contributed by atoms with van der Waals surface area (Å²) in [4.78, 5) is 28.5. The molecule has 6 nitrogen and oxygen atoms in total. The quantitative estimate of drug-likeness (QED) is 0.119. The van der Waals surface area contributed by atoms with Crippen molar-refractivity contribution in [3.63, 3.8) is 0 Å². The van der Waals surface area contributed by atoms with Crippen LogP contribution < -0.4 is 0 Å². The maximum absolute atomic E-state index is 13.5. The molecule has 4 aliphatic carbocycles. The Morgan fingerprint density at radius 1 is 0.778 bits per heavy atom. The first kappa shape index (κ1) is 33.1. The van der Waals surface area contributed by atoms with E-state index >= 15 is 0 Å². The number of alkyl halides is 5. The molecule has 0 heterocycles. The zero-order chi connectivity index (χ0) is 32.6. The summed E-state index contributed by atoms with van der Waals surface area (Å²) >= 11 is 0. The molecule has 4 bridgehead atoms. The van der Waals surface area contributed by atoms with Gasteiger partial charge in [-0.1, -0.05) is 54.6 Å². The summed E-state index contributed by atoms with van der Waals surface area (Å²) in [6, 6.07) is 32.2. The van der Waals surface area contributed by atoms with Gasteiger partial charge in [0.05, 0.1) is 16.3 Å². The average Bonchev–Trinajstić information content (AvgIpc) is 2.99. The van der Waals surface area contributed by atoms with E-state index in [9.17, 15) is 44.5 Å². The second kappa shape index (κ2) is 12.5. The first-order chi connectivity index (χ1) is 21.1. The molecule has 13 heteroatoms. The van der Waals surface area contributed by atoms with E-state index in [1.807, 2.05) is 0 Å². The molecule has 0 aromatic heterocycles. The van der Waals surface area contributed by atoms with Crippen molar-refractivity contribution >= 4 is 32.8 Å². The maximum atomic E-state index is 13.5. The van der Waals surface area contributed by atoms with Crippen LogP contribution in [0.1, 0.15) is 32.1 Å². The minimum Gasteiger partial charge on any atom is -0.743 e. The monoisotopic (exact) mass is 668 g/mol. The van der Waals surface area contributed by atoms with E-state index in [1.54, 1.807) is 0 Å². The van der Waals surface area contributed by atoms with Crippen LogP contribution in [0.4, 0.5) is 22.0 Å². The fourth-order valence-corrected chi connectivity index (χ4v) is 9.31. The van der Waals surface area contributed by atoms with Crippen molar-refractivity contribution in [2.24, 2.45) is 23.2 Å². The number of carbonyl (C=O) groups is 2. The Labute approximate surface area is 260 Å². The van der Waals surface area contributed by atoms with E-state index in [0.717, 1.165) is 0 Å². The minimum atomic E-state index is -6.73. The first-order valence-electron chi connectivity index (χ1n) is 14.2. The molecule has 4 fully saturated rings. The SMILES string of the molecule is O=C1C2CC3CC1CC(C(=O)OC(C(F)(F)F)C(F)(F)S(=O)(=O)[O-])(C3)C2.c1ccc([S+](c2ccccc2)c2ccccc2)cc1. The number of ketones is 1. The highest BCUT2D eigenvalue weighted by atomic mass is 32.2. The third-order valence-electron chi connectivity index (χ3n) is 8.52. The lowest BCUT2D eigenvalue weighted by Crippen LogP contribution is -2.58. The van der Waals surface area contributed by atoms with Crippen LogP contribution in [-0.2, 0) is 35.3 Å². The molecule has 3 unspecified atom stereocenters. The third kappa shape index (κ3) is 6.80. The van der Waals surface area contributed by atoms with Crippen LogP contribution in [0.3, 0.4) is 0 Å². The molecule has 45 heavy (non-hydrogen) atoms. The number of halogens is 5. The number of rotatable bonds is 7. The van der Waals surface area contributed by atoms with E-state index < -0.39 is 50.9 Å².